The molecule has 1 heterocycles. The average Bonchev–Trinajstić information content (AvgIpc) is 2.76. The van der Waals surface area contributed by atoms with E-state index >= 15 is 0 Å². The van der Waals surface area contributed by atoms with Crippen molar-refractivity contribution in [1.29, 1.82) is 0 Å². The van der Waals surface area contributed by atoms with Crippen molar-refractivity contribution in [3.63, 3.8) is 0 Å². The Labute approximate surface area is 108 Å². The van der Waals surface area contributed by atoms with Crippen LogP contribution in [0.4, 0.5) is 4.39 Å². The number of fused-ring (bicyclic) bond motifs is 1. The van der Waals surface area contributed by atoms with Gasteiger partial charge in [0.25, 0.3) is 0 Å². The Hall–Kier alpha value is -2.24. The molecule has 0 spiro atoms. The van der Waals surface area contributed by atoms with Crippen LogP contribution in [0.1, 0.15) is 30.3 Å². The molecule has 0 bridgehead atoms. The third kappa shape index (κ3) is 1.89. The summed E-state index contributed by atoms with van der Waals surface area (Å²) in [6, 6.07) is 5.30. The molecule has 1 N–H and O–H groups in total. The zero-order chi connectivity index (χ0) is 13.4. The Morgan fingerprint density at radius 1 is 1.47 bits per heavy atom. The number of hydrogen-bond acceptors (Lipinski definition) is 4. The van der Waals surface area contributed by atoms with Crippen LogP contribution in [0.5, 0.6) is 0 Å². The van der Waals surface area contributed by atoms with Gasteiger partial charge < -0.3 is 5.21 Å². The lowest BCUT2D eigenvalue weighted by Gasteiger charge is -2.14. The molecule has 2 aromatic rings. The number of nitrogens with zero attached hydrogens (tertiary/aromatic N) is 3. The fourth-order valence-corrected chi connectivity index (χ4v) is 2.48. The molecule has 0 amide bonds. The van der Waals surface area contributed by atoms with Gasteiger partial charge in [0.2, 0.25) is 0 Å². The third-order valence-electron chi connectivity index (χ3n) is 3.40. The van der Waals surface area contributed by atoms with Gasteiger partial charge in [-0.05, 0) is 31.4 Å². The number of hydrogen-bond donors (Lipinski definition) is 1. The van der Waals surface area contributed by atoms with E-state index in [1.807, 2.05) is 0 Å². The highest BCUT2D eigenvalue weighted by Gasteiger charge is 2.28. The van der Waals surface area contributed by atoms with Crippen LogP contribution < -0.4 is 0 Å². The summed E-state index contributed by atoms with van der Waals surface area (Å²) in [5.74, 6) is -0.149. The summed E-state index contributed by atoms with van der Waals surface area (Å²) in [5, 5.41) is 13.2. The van der Waals surface area contributed by atoms with Crippen LogP contribution in [0, 0.1) is 10.7 Å². The molecule has 1 aliphatic rings. The van der Waals surface area contributed by atoms with Crippen molar-refractivity contribution in [2.75, 3.05) is 0 Å². The Balaban J connectivity index is 2.14. The highest BCUT2D eigenvalue weighted by molar-refractivity contribution is 5.57. The fourth-order valence-electron chi connectivity index (χ4n) is 2.48. The molecule has 1 unspecified atom stereocenters. The van der Waals surface area contributed by atoms with Crippen molar-refractivity contribution in [2.45, 2.75) is 25.3 Å². The zero-order valence-electron chi connectivity index (χ0n) is 10.1. The van der Waals surface area contributed by atoms with Gasteiger partial charge in [0.15, 0.2) is 5.82 Å². The first-order valence-corrected chi connectivity index (χ1v) is 6.10. The summed E-state index contributed by atoms with van der Waals surface area (Å²) in [6.45, 7) is 0. The van der Waals surface area contributed by atoms with E-state index in [0.717, 1.165) is 11.2 Å². The second kappa shape index (κ2) is 4.46. The van der Waals surface area contributed by atoms with Crippen LogP contribution in [0.3, 0.4) is 0 Å². The van der Waals surface area contributed by atoms with Crippen LogP contribution in [-0.4, -0.2) is 14.9 Å². The summed E-state index contributed by atoms with van der Waals surface area (Å²) < 4.78 is 14.2. The van der Waals surface area contributed by atoms with Gasteiger partial charge in [-0.25, -0.2) is 9.37 Å². The first-order chi connectivity index (χ1) is 9.20. The fraction of sp³-hybridized carbons (Fsp3) is 0.308. The lowest BCUT2D eigenvalue weighted by Crippen LogP contribution is -2.10. The predicted octanol–water partition coefficient (Wildman–Crippen LogP) is 3.07. The van der Waals surface area contributed by atoms with Crippen LogP contribution in [0.2, 0.25) is 0 Å². The maximum atomic E-state index is 13.2. The molecule has 0 radical (unpaired) electrons. The second-order valence-electron chi connectivity index (χ2n) is 4.60. The van der Waals surface area contributed by atoms with Gasteiger partial charge in [0.1, 0.15) is 11.9 Å². The zero-order valence-corrected chi connectivity index (χ0v) is 10.1. The van der Waals surface area contributed by atoms with E-state index in [1.165, 1.54) is 12.1 Å². The number of halogens is 1. The molecular formula is C13H12FN3O2. The van der Waals surface area contributed by atoms with E-state index in [0.29, 0.717) is 29.8 Å². The molecule has 0 saturated carbocycles. The number of imidazole rings is 1. The predicted molar refractivity (Wildman–Crippen MR) is 66.3 cm³/mol. The summed E-state index contributed by atoms with van der Waals surface area (Å²) in [6.07, 6.45) is 2.05. The Kier molecular flexibility index (Phi) is 2.77. The minimum Gasteiger partial charge on any atom is -0.427 e. The maximum Gasteiger partial charge on any atom is 0.176 e. The summed E-state index contributed by atoms with van der Waals surface area (Å²) >= 11 is 0. The molecule has 19 heavy (non-hydrogen) atoms. The van der Waals surface area contributed by atoms with Gasteiger partial charge in [-0.3, -0.25) is 0 Å². The number of aromatic nitrogens is 2. The Bertz CT molecular complexity index is 639. The van der Waals surface area contributed by atoms with Crippen molar-refractivity contribution in [1.82, 2.24) is 9.71 Å². The highest BCUT2D eigenvalue weighted by Crippen LogP contribution is 2.34. The van der Waals surface area contributed by atoms with E-state index in [9.17, 15) is 14.5 Å². The largest absolute Gasteiger partial charge is 0.427 e. The van der Waals surface area contributed by atoms with Crippen molar-refractivity contribution in [2.24, 2.45) is 5.18 Å². The van der Waals surface area contributed by atoms with Gasteiger partial charge in [-0.15, -0.1) is 0 Å². The molecule has 1 aliphatic carbocycles. The van der Waals surface area contributed by atoms with Gasteiger partial charge in [-0.1, -0.05) is 17.3 Å². The molecule has 6 heteroatoms. The average molecular weight is 261 g/mol. The van der Waals surface area contributed by atoms with E-state index in [-0.39, 0.29) is 5.82 Å². The number of benzene rings is 1. The lowest BCUT2D eigenvalue weighted by molar-refractivity contribution is 0.179. The lowest BCUT2D eigenvalue weighted by atomic mass is 9.97. The first-order valence-electron chi connectivity index (χ1n) is 6.10. The minimum absolute atomic E-state index is 0.250. The van der Waals surface area contributed by atoms with Crippen LogP contribution in [0.15, 0.2) is 29.4 Å². The third-order valence-corrected chi connectivity index (χ3v) is 3.40. The van der Waals surface area contributed by atoms with Gasteiger partial charge in [-0.2, -0.15) is 9.64 Å². The van der Waals surface area contributed by atoms with E-state index in [4.69, 9.17) is 0 Å². The Morgan fingerprint density at radius 3 is 3.05 bits per heavy atom. The van der Waals surface area contributed by atoms with Crippen molar-refractivity contribution < 1.29 is 9.60 Å². The van der Waals surface area contributed by atoms with E-state index < -0.39 is 11.9 Å². The van der Waals surface area contributed by atoms with Crippen molar-refractivity contribution in [3.05, 3.63) is 46.4 Å². The second-order valence-corrected chi connectivity index (χ2v) is 4.60. The smallest absolute Gasteiger partial charge is 0.176 e. The van der Waals surface area contributed by atoms with Gasteiger partial charge in [0, 0.05) is 5.56 Å². The molecule has 0 saturated heterocycles. The highest BCUT2D eigenvalue weighted by atomic mass is 19.1. The van der Waals surface area contributed by atoms with E-state index in [2.05, 4.69) is 10.2 Å². The summed E-state index contributed by atoms with van der Waals surface area (Å²) in [4.78, 5) is 15.1. The van der Waals surface area contributed by atoms with Crippen LogP contribution >= 0.6 is 0 Å². The minimum atomic E-state index is -0.524. The Morgan fingerprint density at radius 2 is 2.32 bits per heavy atom. The topological polar surface area (TPSA) is 67.5 Å². The quantitative estimate of drug-likeness (QED) is 0.667. The van der Waals surface area contributed by atoms with Crippen LogP contribution in [0.25, 0.3) is 11.4 Å². The standard InChI is InChI=1S/C13H12FN3O2/c14-9-4-1-3-8(7-9)13-15-12-10(16-18)5-2-6-11(12)17(13)19/h1,3-4,7,10,19H,2,5-6H2. The van der Waals surface area contributed by atoms with Crippen LogP contribution in [-0.2, 0) is 6.42 Å². The van der Waals surface area contributed by atoms with Crippen molar-refractivity contribution in [3.8, 4) is 11.4 Å². The number of rotatable bonds is 2. The monoisotopic (exact) mass is 261 g/mol. The molecule has 0 fully saturated rings. The van der Waals surface area contributed by atoms with Crippen molar-refractivity contribution >= 4 is 0 Å². The summed E-state index contributed by atoms with van der Waals surface area (Å²) in [7, 11) is 0. The van der Waals surface area contributed by atoms with Gasteiger partial charge in [0.05, 0.1) is 11.4 Å². The maximum absolute atomic E-state index is 13.2. The molecular weight excluding hydrogens is 249 g/mol. The summed E-state index contributed by atoms with van der Waals surface area (Å²) in [5.41, 5.74) is 1.57. The molecule has 3 rings (SSSR count). The first kappa shape index (κ1) is 11.8. The SMILES string of the molecule is O=NC1CCCc2c1nc(-c1cccc(F)c1)n2O. The molecule has 5 nitrogen and oxygen atoms in total. The molecule has 0 aliphatic heterocycles. The van der Waals surface area contributed by atoms with Gasteiger partial charge >= 0.3 is 0 Å². The molecule has 98 valence electrons. The molecule has 1 aromatic heterocycles. The molecule has 1 atom stereocenters. The van der Waals surface area contributed by atoms with E-state index in [1.54, 1.807) is 12.1 Å². The number of nitroso groups, excluding NO2 is 1. The normalized spacial score (nSPS) is 18.1. The molecule has 1 aromatic carbocycles.